The maximum absolute atomic E-state index is 12.7. The molecule has 0 saturated carbocycles. The second-order valence-corrected chi connectivity index (χ2v) is 8.24. The highest BCUT2D eigenvalue weighted by atomic mass is 35.5. The second kappa shape index (κ2) is 9.32. The van der Waals surface area contributed by atoms with E-state index in [1.54, 1.807) is 32.9 Å². The van der Waals surface area contributed by atoms with Crippen LogP contribution >= 0.6 is 11.6 Å². The molecule has 8 heteroatoms. The molecule has 0 unspecified atom stereocenters. The topological polar surface area (TPSA) is 80.8 Å². The summed E-state index contributed by atoms with van der Waals surface area (Å²) in [4.78, 5) is 24.0. The Morgan fingerprint density at radius 2 is 1.54 bits per heavy atom. The fourth-order valence-electron chi connectivity index (χ4n) is 2.61. The molecule has 2 rings (SSSR count). The minimum atomic E-state index is -3.82. The van der Waals surface area contributed by atoms with Crippen molar-refractivity contribution in [3.63, 3.8) is 0 Å². The van der Waals surface area contributed by atoms with Crippen molar-refractivity contribution >= 4 is 33.4 Å². The van der Waals surface area contributed by atoms with Gasteiger partial charge in [-0.05, 0) is 42.5 Å². The summed E-state index contributed by atoms with van der Waals surface area (Å²) in [5.41, 5.74) is 0.588. The van der Waals surface area contributed by atoms with Crippen LogP contribution in [0.3, 0.4) is 0 Å². The van der Waals surface area contributed by atoms with Crippen molar-refractivity contribution in [1.29, 1.82) is 0 Å². The molecule has 0 aliphatic heterocycles. The largest absolute Gasteiger partial charge is 0.423 e. The van der Waals surface area contributed by atoms with Crippen LogP contribution in [-0.2, 0) is 10.0 Å². The van der Waals surface area contributed by atoms with Crippen molar-refractivity contribution in [2.45, 2.75) is 32.1 Å². The molecule has 0 heterocycles. The molecule has 0 aliphatic rings. The van der Waals surface area contributed by atoms with Crippen LogP contribution in [0, 0.1) is 0 Å². The molecule has 28 heavy (non-hydrogen) atoms. The number of esters is 1. The number of hydrogen-bond acceptors (Lipinski definition) is 5. The fraction of sp³-hybridized carbons (Fsp3) is 0.300. The van der Waals surface area contributed by atoms with Gasteiger partial charge in [0, 0.05) is 25.1 Å². The molecule has 2 aromatic carbocycles. The Morgan fingerprint density at radius 3 is 2.07 bits per heavy atom. The quantitative estimate of drug-likeness (QED) is 0.361. The number of nitrogens with zero attached hydrogens (tertiary/aromatic N) is 1. The second-order valence-electron chi connectivity index (χ2n) is 5.93. The SMILES string of the molecule is CCC(=O)c1ccc(OC(=O)c2ccc(Cl)c(S(=O)(=O)N(CC)CC)c2)cc1. The van der Waals surface area contributed by atoms with E-state index in [9.17, 15) is 18.0 Å². The molecule has 0 spiro atoms. The van der Waals surface area contributed by atoms with Gasteiger partial charge in [-0.15, -0.1) is 0 Å². The minimum Gasteiger partial charge on any atom is -0.423 e. The zero-order chi connectivity index (χ0) is 20.9. The zero-order valence-corrected chi connectivity index (χ0v) is 17.5. The molecule has 150 valence electrons. The van der Waals surface area contributed by atoms with E-state index in [4.69, 9.17) is 16.3 Å². The number of Topliss-reactive ketones (excluding diaryl/α,β-unsaturated/α-hetero) is 1. The van der Waals surface area contributed by atoms with Crippen LogP contribution in [0.4, 0.5) is 0 Å². The molecular weight excluding hydrogens is 402 g/mol. The lowest BCUT2D eigenvalue weighted by atomic mass is 10.1. The van der Waals surface area contributed by atoms with Gasteiger partial charge in [-0.2, -0.15) is 4.31 Å². The number of ether oxygens (including phenoxy) is 1. The van der Waals surface area contributed by atoms with Gasteiger partial charge in [-0.25, -0.2) is 13.2 Å². The van der Waals surface area contributed by atoms with Crippen molar-refractivity contribution in [3.8, 4) is 5.75 Å². The molecular formula is C20H22ClNO5S. The summed E-state index contributed by atoms with van der Waals surface area (Å²) in [6, 6.07) is 10.2. The fourth-order valence-corrected chi connectivity index (χ4v) is 4.57. The Labute approximate surface area is 170 Å². The van der Waals surface area contributed by atoms with Crippen LogP contribution in [0.1, 0.15) is 47.9 Å². The van der Waals surface area contributed by atoms with Gasteiger partial charge in [0.15, 0.2) is 5.78 Å². The van der Waals surface area contributed by atoms with Crippen molar-refractivity contribution in [2.75, 3.05) is 13.1 Å². The monoisotopic (exact) mass is 423 g/mol. The molecule has 0 atom stereocenters. The van der Waals surface area contributed by atoms with Crippen LogP contribution in [0.15, 0.2) is 47.4 Å². The van der Waals surface area contributed by atoms with Crippen LogP contribution in [-0.4, -0.2) is 37.6 Å². The van der Waals surface area contributed by atoms with E-state index in [-0.39, 0.29) is 40.1 Å². The molecule has 0 aromatic heterocycles. The van der Waals surface area contributed by atoms with E-state index in [0.717, 1.165) is 0 Å². The van der Waals surface area contributed by atoms with E-state index in [1.165, 1.54) is 34.6 Å². The van der Waals surface area contributed by atoms with Gasteiger partial charge in [0.2, 0.25) is 10.0 Å². The molecule has 2 aromatic rings. The lowest BCUT2D eigenvalue weighted by Crippen LogP contribution is -2.31. The average Bonchev–Trinajstić information content (AvgIpc) is 2.68. The predicted octanol–water partition coefficient (Wildman–Crippen LogP) is 4.18. The first-order chi connectivity index (χ1) is 13.2. The van der Waals surface area contributed by atoms with E-state index in [2.05, 4.69) is 0 Å². The third kappa shape index (κ3) is 4.79. The van der Waals surface area contributed by atoms with Crippen LogP contribution in [0.25, 0.3) is 0 Å². The van der Waals surface area contributed by atoms with Crippen LogP contribution in [0.5, 0.6) is 5.75 Å². The maximum atomic E-state index is 12.7. The van der Waals surface area contributed by atoms with Gasteiger partial charge in [-0.3, -0.25) is 4.79 Å². The number of halogens is 1. The van der Waals surface area contributed by atoms with Gasteiger partial charge in [-0.1, -0.05) is 32.4 Å². The normalized spacial score (nSPS) is 11.5. The van der Waals surface area contributed by atoms with Gasteiger partial charge in [0.05, 0.1) is 10.6 Å². The molecule has 0 saturated heterocycles. The Kier molecular flexibility index (Phi) is 7.35. The first-order valence-electron chi connectivity index (χ1n) is 8.89. The number of rotatable bonds is 8. The zero-order valence-electron chi connectivity index (χ0n) is 15.9. The molecule has 6 nitrogen and oxygen atoms in total. The summed E-state index contributed by atoms with van der Waals surface area (Å²) in [5.74, 6) is -0.482. The van der Waals surface area contributed by atoms with Crippen LogP contribution in [0.2, 0.25) is 5.02 Å². The third-order valence-corrected chi connectivity index (χ3v) is 6.73. The Bertz CT molecular complexity index is 967. The highest BCUT2D eigenvalue weighted by molar-refractivity contribution is 7.89. The first-order valence-corrected chi connectivity index (χ1v) is 10.7. The number of carbonyl (C=O) groups excluding carboxylic acids is 2. The molecule has 0 radical (unpaired) electrons. The summed E-state index contributed by atoms with van der Waals surface area (Å²) in [6.45, 7) is 5.78. The van der Waals surface area contributed by atoms with Gasteiger partial charge in [0.1, 0.15) is 10.6 Å². The third-order valence-electron chi connectivity index (χ3n) is 4.20. The maximum Gasteiger partial charge on any atom is 0.343 e. The number of sulfonamides is 1. The Balaban J connectivity index is 2.28. The number of ketones is 1. The van der Waals surface area contributed by atoms with Gasteiger partial charge < -0.3 is 4.74 Å². The van der Waals surface area contributed by atoms with Crippen molar-refractivity contribution in [3.05, 3.63) is 58.6 Å². The van der Waals surface area contributed by atoms with Crippen molar-refractivity contribution in [1.82, 2.24) is 4.31 Å². The molecule has 0 N–H and O–H groups in total. The summed E-state index contributed by atoms with van der Waals surface area (Å²) in [7, 11) is -3.82. The standard InChI is InChI=1S/C20H22ClNO5S/c1-4-18(23)14-7-10-16(11-8-14)27-20(24)15-9-12-17(21)19(13-15)28(25,26)22(5-2)6-3/h7-13H,4-6H2,1-3H3. The first kappa shape index (κ1) is 22.1. The summed E-state index contributed by atoms with van der Waals surface area (Å²) in [5, 5.41) is 0.0332. The van der Waals surface area contributed by atoms with Crippen molar-refractivity contribution < 1.29 is 22.7 Å². The summed E-state index contributed by atoms with van der Waals surface area (Å²) >= 11 is 6.07. The van der Waals surface area contributed by atoms with E-state index >= 15 is 0 Å². The van der Waals surface area contributed by atoms with Gasteiger partial charge >= 0.3 is 5.97 Å². The summed E-state index contributed by atoms with van der Waals surface area (Å²) in [6.07, 6.45) is 0.383. The predicted molar refractivity (Wildman–Crippen MR) is 108 cm³/mol. The lowest BCUT2D eigenvalue weighted by molar-refractivity contribution is 0.0734. The minimum absolute atomic E-state index is 0.0122. The molecule has 0 fully saturated rings. The highest BCUT2D eigenvalue weighted by Crippen LogP contribution is 2.26. The average molecular weight is 424 g/mol. The number of carbonyl (C=O) groups is 2. The van der Waals surface area contributed by atoms with Gasteiger partial charge in [0.25, 0.3) is 0 Å². The lowest BCUT2D eigenvalue weighted by Gasteiger charge is -2.19. The number of benzene rings is 2. The Hall–Kier alpha value is -2.22. The number of hydrogen-bond donors (Lipinski definition) is 0. The summed E-state index contributed by atoms with van der Waals surface area (Å²) < 4.78 is 32.0. The molecule has 0 bridgehead atoms. The van der Waals surface area contributed by atoms with Crippen LogP contribution < -0.4 is 4.74 Å². The van der Waals surface area contributed by atoms with Crippen molar-refractivity contribution in [2.24, 2.45) is 0 Å². The Morgan fingerprint density at radius 1 is 0.964 bits per heavy atom. The molecule has 0 aliphatic carbocycles. The van der Waals surface area contributed by atoms with E-state index < -0.39 is 16.0 Å². The smallest absolute Gasteiger partial charge is 0.343 e. The molecule has 0 amide bonds. The highest BCUT2D eigenvalue weighted by Gasteiger charge is 2.26. The van der Waals surface area contributed by atoms with E-state index in [1.807, 2.05) is 0 Å². The van der Waals surface area contributed by atoms with E-state index in [0.29, 0.717) is 12.0 Å².